The number of Topliss-reactive ketones (excluding diaryl/α,β-unsaturated/α-hetero) is 1. The van der Waals surface area contributed by atoms with Crippen LogP contribution in [0.3, 0.4) is 0 Å². The van der Waals surface area contributed by atoms with E-state index in [0.717, 1.165) is 16.7 Å². The molecule has 0 bridgehead atoms. The van der Waals surface area contributed by atoms with Crippen LogP contribution in [0.5, 0.6) is 0 Å². The summed E-state index contributed by atoms with van der Waals surface area (Å²) in [5.41, 5.74) is 3.00. The van der Waals surface area contributed by atoms with Crippen molar-refractivity contribution >= 4 is 11.9 Å². The van der Waals surface area contributed by atoms with Crippen molar-refractivity contribution in [2.45, 2.75) is 34.6 Å². The fourth-order valence-electron chi connectivity index (χ4n) is 1.38. The van der Waals surface area contributed by atoms with Crippen LogP contribution in [-0.2, 0) is 0 Å². The normalized spacial score (nSPS) is 9.67. The number of hydrogen-bond donors (Lipinski definition) is 0. The zero-order valence-electron chi connectivity index (χ0n) is 10.3. The number of benzene rings is 1. The van der Waals surface area contributed by atoms with Gasteiger partial charge in [-0.1, -0.05) is 44.2 Å². The first-order valence-corrected chi connectivity index (χ1v) is 5.39. The minimum Gasteiger partial charge on any atom is -0.295 e. The number of allylic oxidation sites excluding steroid dienone is 1. The van der Waals surface area contributed by atoms with Gasteiger partial charge in [0.2, 0.25) is 0 Å². The molecule has 1 aromatic carbocycles. The zero-order chi connectivity index (χ0) is 11.8. The lowest BCUT2D eigenvalue weighted by Crippen LogP contribution is -1.95. The molecule has 1 heteroatoms. The Morgan fingerprint density at radius 2 is 1.87 bits per heavy atom. The molecule has 15 heavy (non-hydrogen) atoms. The van der Waals surface area contributed by atoms with Gasteiger partial charge in [0.25, 0.3) is 0 Å². The first-order valence-electron chi connectivity index (χ1n) is 5.39. The second-order valence-electron chi connectivity index (χ2n) is 3.13. The van der Waals surface area contributed by atoms with Gasteiger partial charge in [0.05, 0.1) is 0 Å². The Balaban J connectivity index is 0.000000921. The van der Waals surface area contributed by atoms with Crippen LogP contribution in [0.15, 0.2) is 24.3 Å². The highest BCUT2D eigenvalue weighted by Gasteiger charge is 2.02. The van der Waals surface area contributed by atoms with E-state index in [0.29, 0.717) is 0 Å². The maximum Gasteiger partial charge on any atom is 0.160 e. The summed E-state index contributed by atoms with van der Waals surface area (Å²) in [5.74, 6) is 0.129. The fourth-order valence-corrected chi connectivity index (χ4v) is 1.38. The van der Waals surface area contributed by atoms with Crippen LogP contribution < -0.4 is 0 Å². The quantitative estimate of drug-likeness (QED) is 0.658. The predicted molar refractivity (Wildman–Crippen MR) is 67.2 cm³/mol. The lowest BCUT2D eigenvalue weighted by Gasteiger charge is -2.02. The molecule has 0 unspecified atom stereocenters. The van der Waals surface area contributed by atoms with Crippen molar-refractivity contribution in [1.29, 1.82) is 0 Å². The van der Waals surface area contributed by atoms with Gasteiger partial charge in [-0.3, -0.25) is 4.79 Å². The van der Waals surface area contributed by atoms with Crippen LogP contribution in [-0.4, -0.2) is 5.78 Å². The van der Waals surface area contributed by atoms with E-state index < -0.39 is 0 Å². The molecule has 1 rings (SSSR count). The van der Waals surface area contributed by atoms with Gasteiger partial charge in [-0.05, 0) is 31.9 Å². The van der Waals surface area contributed by atoms with E-state index >= 15 is 0 Å². The lowest BCUT2D eigenvalue weighted by atomic mass is 10.0. The van der Waals surface area contributed by atoms with Crippen LogP contribution in [0.2, 0.25) is 0 Å². The summed E-state index contributed by atoms with van der Waals surface area (Å²) in [7, 11) is 0. The number of carbonyl (C=O) groups is 1. The Kier molecular flexibility index (Phi) is 6.35. The molecule has 0 radical (unpaired) electrons. The first kappa shape index (κ1) is 13.6. The Labute approximate surface area is 92.8 Å². The van der Waals surface area contributed by atoms with Gasteiger partial charge < -0.3 is 0 Å². The number of carbonyl (C=O) groups excluding carboxylic acids is 1. The van der Waals surface area contributed by atoms with Gasteiger partial charge in [-0.2, -0.15) is 0 Å². The van der Waals surface area contributed by atoms with E-state index in [1.54, 1.807) is 6.92 Å². The van der Waals surface area contributed by atoms with Gasteiger partial charge in [0, 0.05) is 5.56 Å². The summed E-state index contributed by atoms with van der Waals surface area (Å²) in [6.07, 6.45) is 4.01. The zero-order valence-corrected chi connectivity index (χ0v) is 10.3. The Morgan fingerprint density at radius 3 is 2.27 bits per heavy atom. The van der Waals surface area contributed by atoms with Crippen LogP contribution in [0, 0.1) is 6.92 Å². The Bertz CT molecular complexity index is 348. The Morgan fingerprint density at radius 1 is 1.27 bits per heavy atom. The summed E-state index contributed by atoms with van der Waals surface area (Å²) in [6.45, 7) is 9.54. The molecule has 0 aromatic heterocycles. The summed E-state index contributed by atoms with van der Waals surface area (Å²) in [5, 5.41) is 0. The second kappa shape index (κ2) is 6.99. The number of aryl methyl sites for hydroxylation is 1. The maximum absolute atomic E-state index is 11.1. The highest BCUT2D eigenvalue weighted by Crippen LogP contribution is 2.12. The molecule has 0 saturated heterocycles. The van der Waals surface area contributed by atoms with Gasteiger partial charge >= 0.3 is 0 Å². The molecule has 0 aliphatic carbocycles. The van der Waals surface area contributed by atoms with Crippen molar-refractivity contribution < 1.29 is 4.79 Å². The molecule has 0 aliphatic rings. The van der Waals surface area contributed by atoms with E-state index in [9.17, 15) is 4.79 Å². The van der Waals surface area contributed by atoms with Gasteiger partial charge in [0.15, 0.2) is 5.78 Å². The van der Waals surface area contributed by atoms with E-state index in [4.69, 9.17) is 0 Å². The highest BCUT2D eigenvalue weighted by molar-refractivity contribution is 5.95. The third-order valence-corrected chi connectivity index (χ3v) is 1.99. The predicted octanol–water partition coefficient (Wildman–Crippen LogP) is 4.26. The average molecular weight is 204 g/mol. The fraction of sp³-hybridized carbons (Fsp3) is 0.357. The first-order chi connectivity index (χ1) is 7.15. The van der Waals surface area contributed by atoms with Crippen LogP contribution >= 0.6 is 0 Å². The molecule has 0 fully saturated rings. The third kappa shape index (κ3) is 4.11. The second-order valence-corrected chi connectivity index (χ2v) is 3.13. The topological polar surface area (TPSA) is 17.1 Å². The molecular formula is C14H20O. The smallest absolute Gasteiger partial charge is 0.160 e. The molecule has 0 N–H and O–H groups in total. The van der Waals surface area contributed by atoms with Gasteiger partial charge in [0.1, 0.15) is 0 Å². The largest absolute Gasteiger partial charge is 0.295 e. The van der Waals surface area contributed by atoms with Crippen molar-refractivity contribution in [3.63, 3.8) is 0 Å². The molecule has 0 heterocycles. The minimum absolute atomic E-state index is 0.129. The molecule has 0 atom stereocenters. The molecule has 82 valence electrons. The van der Waals surface area contributed by atoms with E-state index in [-0.39, 0.29) is 5.78 Å². The van der Waals surface area contributed by atoms with Gasteiger partial charge in [-0.15, -0.1) is 0 Å². The van der Waals surface area contributed by atoms with E-state index in [2.05, 4.69) is 0 Å². The number of rotatable bonds is 2. The molecule has 0 aliphatic heterocycles. The Hall–Kier alpha value is -1.37. The SMILES string of the molecule is C/C=C\c1ccc(C(C)=O)c(C)c1.CC. The number of hydrogen-bond acceptors (Lipinski definition) is 1. The van der Waals surface area contributed by atoms with Crippen molar-refractivity contribution in [3.8, 4) is 0 Å². The molecular weight excluding hydrogens is 184 g/mol. The summed E-state index contributed by atoms with van der Waals surface area (Å²) in [4.78, 5) is 11.1. The van der Waals surface area contributed by atoms with Crippen molar-refractivity contribution in [2.75, 3.05) is 0 Å². The molecule has 0 amide bonds. The lowest BCUT2D eigenvalue weighted by molar-refractivity contribution is 0.101. The summed E-state index contributed by atoms with van der Waals surface area (Å²) < 4.78 is 0. The summed E-state index contributed by atoms with van der Waals surface area (Å²) in [6, 6.07) is 5.87. The van der Waals surface area contributed by atoms with Crippen LogP contribution in [0.1, 0.15) is 49.2 Å². The summed E-state index contributed by atoms with van der Waals surface area (Å²) >= 11 is 0. The minimum atomic E-state index is 0.129. The highest BCUT2D eigenvalue weighted by atomic mass is 16.1. The van der Waals surface area contributed by atoms with Crippen molar-refractivity contribution in [2.24, 2.45) is 0 Å². The monoisotopic (exact) mass is 204 g/mol. The number of ketones is 1. The molecule has 1 aromatic rings. The third-order valence-electron chi connectivity index (χ3n) is 1.99. The maximum atomic E-state index is 11.1. The standard InChI is InChI=1S/C12H14O.C2H6/c1-4-5-11-6-7-12(10(3)13)9(2)8-11;1-2/h4-8H,1-3H3;1-2H3/b5-4-;. The van der Waals surface area contributed by atoms with Crippen molar-refractivity contribution in [1.82, 2.24) is 0 Å². The van der Waals surface area contributed by atoms with Crippen LogP contribution in [0.4, 0.5) is 0 Å². The molecule has 1 nitrogen and oxygen atoms in total. The van der Waals surface area contributed by atoms with E-state index in [1.165, 1.54) is 0 Å². The molecule has 0 saturated carbocycles. The average Bonchev–Trinajstić information content (AvgIpc) is 2.21. The van der Waals surface area contributed by atoms with E-state index in [1.807, 2.05) is 58.0 Å². The molecule has 0 spiro atoms. The van der Waals surface area contributed by atoms with Crippen LogP contribution in [0.25, 0.3) is 6.08 Å². The van der Waals surface area contributed by atoms with Crippen molar-refractivity contribution in [3.05, 3.63) is 41.0 Å². The van der Waals surface area contributed by atoms with Gasteiger partial charge in [-0.25, -0.2) is 0 Å².